The lowest BCUT2D eigenvalue weighted by Gasteiger charge is -2.14. The summed E-state index contributed by atoms with van der Waals surface area (Å²) in [5.74, 6) is 0.633. The van der Waals surface area contributed by atoms with E-state index in [1.807, 2.05) is 48.7 Å². The molecule has 0 bridgehead atoms. The first-order valence-electron chi connectivity index (χ1n) is 20.1. The van der Waals surface area contributed by atoms with E-state index in [1.54, 1.807) is 0 Å². The van der Waals surface area contributed by atoms with Crippen molar-refractivity contribution >= 4 is 32.7 Å². The summed E-state index contributed by atoms with van der Waals surface area (Å²) in [6.45, 7) is 0. The van der Waals surface area contributed by atoms with Gasteiger partial charge in [-0.15, -0.1) is 0 Å². The van der Waals surface area contributed by atoms with Crippen LogP contribution in [0, 0.1) is 0 Å². The van der Waals surface area contributed by atoms with Crippen LogP contribution in [0.25, 0.3) is 111 Å². The van der Waals surface area contributed by atoms with Crippen LogP contribution in [-0.2, 0) is 0 Å². The molecule has 0 amide bonds. The van der Waals surface area contributed by atoms with Gasteiger partial charge in [-0.3, -0.25) is 4.98 Å². The zero-order valence-electron chi connectivity index (χ0n) is 32.4. The molecule has 0 aliphatic carbocycles. The normalized spacial score (nSPS) is 11.3. The van der Waals surface area contributed by atoms with Crippen LogP contribution >= 0.6 is 0 Å². The van der Waals surface area contributed by atoms with Gasteiger partial charge in [0.2, 0.25) is 0 Å². The van der Waals surface area contributed by atoms with Crippen molar-refractivity contribution in [2.24, 2.45) is 0 Å². The monoisotopic (exact) mass is 765 g/mol. The number of rotatable bonds is 7. The molecule has 280 valence electrons. The van der Waals surface area contributed by atoms with E-state index in [1.165, 1.54) is 0 Å². The quantitative estimate of drug-likeness (QED) is 0.151. The van der Waals surface area contributed by atoms with Gasteiger partial charge in [-0.05, 0) is 53.1 Å². The standard InChI is InChI=1S/C55H35N5/c1-4-14-36(15-5-1)47-34-49(58-54-46(47)29-27-40-28-30-48(57-53(40)54)37-16-6-2-7-17-37)43-23-11-24-44(33-43)55-59-50(38-18-8-3-9-19-38)35-51(60-55)42-22-10-21-41(32-42)45-26-12-20-39-25-13-31-56-52(39)45/h1-35H. The number of nitrogens with zero attached hydrogens (tertiary/aromatic N) is 5. The van der Waals surface area contributed by atoms with Gasteiger partial charge in [0.1, 0.15) is 0 Å². The molecule has 11 rings (SSSR count). The van der Waals surface area contributed by atoms with E-state index >= 15 is 0 Å². The average molecular weight is 766 g/mol. The molecule has 5 heteroatoms. The van der Waals surface area contributed by atoms with E-state index in [0.29, 0.717) is 5.82 Å². The van der Waals surface area contributed by atoms with E-state index in [2.05, 4.69) is 164 Å². The topological polar surface area (TPSA) is 64.5 Å². The maximum absolute atomic E-state index is 5.41. The summed E-state index contributed by atoms with van der Waals surface area (Å²) >= 11 is 0. The number of para-hydroxylation sites is 1. The second-order valence-corrected chi connectivity index (χ2v) is 14.9. The molecule has 0 aliphatic rings. The number of pyridine rings is 3. The molecule has 11 aromatic rings. The third-order valence-electron chi connectivity index (χ3n) is 11.1. The fourth-order valence-electron chi connectivity index (χ4n) is 8.13. The first-order valence-corrected chi connectivity index (χ1v) is 20.1. The lowest BCUT2D eigenvalue weighted by Crippen LogP contribution is -1.97. The van der Waals surface area contributed by atoms with Gasteiger partial charge in [-0.25, -0.2) is 19.9 Å². The van der Waals surface area contributed by atoms with Crippen molar-refractivity contribution in [2.75, 3.05) is 0 Å². The van der Waals surface area contributed by atoms with E-state index in [-0.39, 0.29) is 0 Å². The maximum Gasteiger partial charge on any atom is 0.160 e. The lowest BCUT2D eigenvalue weighted by molar-refractivity contribution is 1.18. The Morgan fingerprint density at radius 3 is 1.55 bits per heavy atom. The maximum atomic E-state index is 5.41. The molecular weight excluding hydrogens is 731 g/mol. The summed E-state index contributed by atoms with van der Waals surface area (Å²) in [6, 6.07) is 71.3. The summed E-state index contributed by atoms with van der Waals surface area (Å²) in [6.07, 6.45) is 1.85. The fourth-order valence-corrected chi connectivity index (χ4v) is 8.13. The Morgan fingerprint density at radius 1 is 0.267 bits per heavy atom. The molecule has 0 unspecified atom stereocenters. The molecule has 0 aliphatic heterocycles. The third-order valence-corrected chi connectivity index (χ3v) is 11.1. The van der Waals surface area contributed by atoms with Crippen LogP contribution in [0.1, 0.15) is 0 Å². The van der Waals surface area contributed by atoms with Gasteiger partial charge in [-0.2, -0.15) is 0 Å². The number of hydrogen-bond donors (Lipinski definition) is 0. The van der Waals surface area contributed by atoms with Crippen LogP contribution < -0.4 is 0 Å². The SMILES string of the molecule is c1ccc(-c2cc(-c3cccc(-c4cccc5cccnc45)c3)nc(-c3cccc(-c4cc(-c5ccccc5)c5ccc6ccc(-c7ccccc7)nc6c5n4)c3)n2)cc1. The summed E-state index contributed by atoms with van der Waals surface area (Å²) in [7, 11) is 0. The largest absolute Gasteiger partial charge is 0.256 e. The Kier molecular flexibility index (Phi) is 8.75. The molecule has 0 radical (unpaired) electrons. The Balaban J connectivity index is 1.07. The highest BCUT2D eigenvalue weighted by molar-refractivity contribution is 6.09. The zero-order valence-corrected chi connectivity index (χ0v) is 32.4. The highest BCUT2D eigenvalue weighted by Crippen LogP contribution is 2.38. The van der Waals surface area contributed by atoms with E-state index in [4.69, 9.17) is 24.9 Å². The highest BCUT2D eigenvalue weighted by Gasteiger charge is 2.17. The predicted octanol–water partition coefficient (Wildman–Crippen LogP) is 13.8. The van der Waals surface area contributed by atoms with Crippen molar-refractivity contribution in [2.45, 2.75) is 0 Å². The molecule has 4 heterocycles. The number of hydrogen-bond acceptors (Lipinski definition) is 5. The average Bonchev–Trinajstić information content (AvgIpc) is 3.34. The van der Waals surface area contributed by atoms with Crippen molar-refractivity contribution in [1.82, 2.24) is 24.9 Å². The van der Waals surface area contributed by atoms with Crippen LogP contribution in [0.5, 0.6) is 0 Å². The number of benzene rings is 7. The first kappa shape index (κ1) is 35.0. The molecule has 60 heavy (non-hydrogen) atoms. The van der Waals surface area contributed by atoms with Gasteiger partial charge in [-0.1, -0.05) is 170 Å². The minimum atomic E-state index is 0.633. The molecule has 0 fully saturated rings. The molecular formula is C55H35N5. The van der Waals surface area contributed by atoms with E-state index < -0.39 is 0 Å². The van der Waals surface area contributed by atoms with Crippen LogP contribution in [-0.4, -0.2) is 24.9 Å². The van der Waals surface area contributed by atoms with Gasteiger partial charge in [0.15, 0.2) is 5.82 Å². The highest BCUT2D eigenvalue weighted by atomic mass is 14.9. The third kappa shape index (κ3) is 6.54. The van der Waals surface area contributed by atoms with Gasteiger partial charge in [0, 0.05) is 55.7 Å². The second-order valence-electron chi connectivity index (χ2n) is 14.9. The van der Waals surface area contributed by atoms with Crippen LogP contribution in [0.3, 0.4) is 0 Å². The molecule has 0 saturated carbocycles. The molecule has 0 atom stereocenters. The van der Waals surface area contributed by atoms with Crippen molar-refractivity contribution in [1.29, 1.82) is 0 Å². The summed E-state index contributed by atoms with van der Waals surface area (Å²) in [5.41, 5.74) is 15.5. The van der Waals surface area contributed by atoms with Gasteiger partial charge < -0.3 is 0 Å². The van der Waals surface area contributed by atoms with E-state index in [0.717, 1.165) is 106 Å². The summed E-state index contributed by atoms with van der Waals surface area (Å²) < 4.78 is 0. The van der Waals surface area contributed by atoms with Crippen LogP contribution in [0.15, 0.2) is 212 Å². The predicted molar refractivity (Wildman–Crippen MR) is 246 cm³/mol. The number of fused-ring (bicyclic) bond motifs is 4. The first-order chi connectivity index (χ1) is 29.7. The van der Waals surface area contributed by atoms with Gasteiger partial charge in [0.05, 0.1) is 39.3 Å². The Morgan fingerprint density at radius 2 is 0.800 bits per heavy atom. The Bertz CT molecular complexity index is 3360. The van der Waals surface area contributed by atoms with Crippen molar-refractivity contribution < 1.29 is 0 Å². The molecule has 4 aromatic heterocycles. The van der Waals surface area contributed by atoms with Crippen molar-refractivity contribution in [3.8, 4) is 78.7 Å². The number of aromatic nitrogens is 5. The Hall–Kier alpha value is -8.15. The zero-order chi connectivity index (χ0) is 39.8. The minimum Gasteiger partial charge on any atom is -0.256 e. The summed E-state index contributed by atoms with van der Waals surface area (Å²) in [4.78, 5) is 25.9. The molecule has 7 aromatic carbocycles. The van der Waals surface area contributed by atoms with Crippen molar-refractivity contribution in [3.05, 3.63) is 212 Å². The van der Waals surface area contributed by atoms with Crippen LogP contribution in [0.4, 0.5) is 0 Å². The fraction of sp³-hybridized carbons (Fsp3) is 0. The van der Waals surface area contributed by atoms with Crippen molar-refractivity contribution in [3.63, 3.8) is 0 Å². The second kappa shape index (κ2) is 15.0. The minimum absolute atomic E-state index is 0.633. The summed E-state index contributed by atoms with van der Waals surface area (Å²) in [5, 5.41) is 3.20. The van der Waals surface area contributed by atoms with Gasteiger partial charge in [0.25, 0.3) is 0 Å². The molecule has 0 saturated heterocycles. The van der Waals surface area contributed by atoms with E-state index in [9.17, 15) is 0 Å². The van der Waals surface area contributed by atoms with Gasteiger partial charge >= 0.3 is 0 Å². The lowest BCUT2D eigenvalue weighted by atomic mass is 9.96. The van der Waals surface area contributed by atoms with Crippen LogP contribution in [0.2, 0.25) is 0 Å². The molecule has 5 nitrogen and oxygen atoms in total. The Labute approximate surface area is 347 Å². The smallest absolute Gasteiger partial charge is 0.160 e. The molecule has 0 N–H and O–H groups in total. The molecule has 0 spiro atoms.